The average Bonchev–Trinajstić information content (AvgIpc) is 2.61. The largest absolute Gasteiger partial charge is 0.497 e. The van der Waals surface area contributed by atoms with E-state index < -0.39 is 5.54 Å². The quantitative estimate of drug-likeness (QED) is 0.546. The highest BCUT2D eigenvalue weighted by atomic mass is 16.5. The predicted octanol–water partition coefficient (Wildman–Crippen LogP) is 3.10. The van der Waals surface area contributed by atoms with Crippen LogP contribution in [0.25, 0.3) is 0 Å². The number of Topliss-reactive ketones (excluding diaryl/α,β-unsaturated/α-hetero) is 1. The number of benzene rings is 1. The Morgan fingerprint density at radius 1 is 1.22 bits per heavy atom. The van der Waals surface area contributed by atoms with E-state index in [2.05, 4.69) is 18.1 Å². The van der Waals surface area contributed by atoms with Crippen LogP contribution in [0.1, 0.15) is 23.2 Å². The fourth-order valence-electron chi connectivity index (χ4n) is 3.15. The maximum Gasteiger partial charge on any atom is 0.183 e. The topological polar surface area (TPSA) is 38.8 Å². The van der Waals surface area contributed by atoms with Gasteiger partial charge in [0.25, 0.3) is 0 Å². The van der Waals surface area contributed by atoms with Crippen LogP contribution in [0.15, 0.2) is 49.6 Å². The molecule has 2 rings (SSSR count). The Labute approximate surface area is 138 Å². The molecule has 0 spiro atoms. The van der Waals surface area contributed by atoms with Crippen molar-refractivity contribution in [2.24, 2.45) is 0 Å². The molecule has 1 fully saturated rings. The van der Waals surface area contributed by atoms with Crippen LogP contribution in [0, 0.1) is 0 Å². The first-order chi connectivity index (χ1) is 11.2. The SMILES string of the molecule is C=CCC(CC=C)(C(=O)c1ccc(OC)cc1)N1CCOCC1. The average molecular weight is 315 g/mol. The second-order valence-corrected chi connectivity index (χ2v) is 5.67. The van der Waals surface area contributed by atoms with E-state index in [0.29, 0.717) is 31.6 Å². The van der Waals surface area contributed by atoms with Crippen molar-refractivity contribution in [1.29, 1.82) is 0 Å². The van der Waals surface area contributed by atoms with Crippen molar-refractivity contribution < 1.29 is 14.3 Å². The minimum Gasteiger partial charge on any atom is -0.497 e. The van der Waals surface area contributed by atoms with Crippen molar-refractivity contribution >= 4 is 5.78 Å². The minimum atomic E-state index is -0.637. The van der Waals surface area contributed by atoms with Gasteiger partial charge in [-0.2, -0.15) is 0 Å². The first kappa shape index (κ1) is 17.4. The fourth-order valence-corrected chi connectivity index (χ4v) is 3.15. The first-order valence-electron chi connectivity index (χ1n) is 7.91. The molecule has 4 heteroatoms. The van der Waals surface area contributed by atoms with E-state index in [1.165, 1.54) is 0 Å². The van der Waals surface area contributed by atoms with Gasteiger partial charge in [0.2, 0.25) is 0 Å². The van der Waals surface area contributed by atoms with Crippen molar-refractivity contribution in [3.63, 3.8) is 0 Å². The molecule has 1 aliphatic heterocycles. The van der Waals surface area contributed by atoms with Crippen molar-refractivity contribution in [1.82, 2.24) is 4.90 Å². The van der Waals surface area contributed by atoms with Crippen LogP contribution in [0.2, 0.25) is 0 Å². The molecule has 0 aromatic heterocycles. The predicted molar refractivity (Wildman–Crippen MR) is 92.1 cm³/mol. The molecular weight excluding hydrogens is 290 g/mol. The Hall–Kier alpha value is -1.91. The lowest BCUT2D eigenvalue weighted by atomic mass is 9.81. The molecule has 0 atom stereocenters. The Kier molecular flexibility index (Phi) is 6.13. The number of ketones is 1. The van der Waals surface area contributed by atoms with Crippen molar-refractivity contribution in [2.45, 2.75) is 18.4 Å². The van der Waals surface area contributed by atoms with E-state index in [1.807, 2.05) is 36.4 Å². The van der Waals surface area contributed by atoms with E-state index in [1.54, 1.807) is 7.11 Å². The molecule has 0 unspecified atom stereocenters. The minimum absolute atomic E-state index is 0.0989. The molecule has 0 amide bonds. The monoisotopic (exact) mass is 315 g/mol. The zero-order chi connectivity index (χ0) is 16.7. The number of nitrogens with zero attached hydrogens (tertiary/aromatic N) is 1. The molecule has 0 radical (unpaired) electrons. The lowest BCUT2D eigenvalue weighted by Crippen LogP contribution is -2.57. The maximum absolute atomic E-state index is 13.3. The second-order valence-electron chi connectivity index (χ2n) is 5.67. The summed E-state index contributed by atoms with van der Waals surface area (Å²) in [5.41, 5.74) is 0.0444. The summed E-state index contributed by atoms with van der Waals surface area (Å²) in [5.74, 6) is 0.841. The number of hydrogen-bond acceptors (Lipinski definition) is 4. The molecule has 1 aromatic rings. The summed E-state index contributed by atoms with van der Waals surface area (Å²) in [6, 6.07) is 7.28. The van der Waals surface area contributed by atoms with Gasteiger partial charge >= 0.3 is 0 Å². The molecule has 23 heavy (non-hydrogen) atoms. The molecular formula is C19H25NO3. The first-order valence-corrected chi connectivity index (χ1v) is 7.91. The van der Waals surface area contributed by atoms with Gasteiger partial charge in [-0.3, -0.25) is 9.69 Å². The zero-order valence-electron chi connectivity index (χ0n) is 13.8. The number of carbonyl (C=O) groups excluding carboxylic acids is 1. The molecule has 0 aliphatic carbocycles. The van der Waals surface area contributed by atoms with E-state index in [9.17, 15) is 4.79 Å². The highest BCUT2D eigenvalue weighted by Crippen LogP contribution is 2.31. The van der Waals surface area contributed by atoms with Gasteiger partial charge in [0.15, 0.2) is 5.78 Å². The highest BCUT2D eigenvalue weighted by Gasteiger charge is 2.42. The summed E-state index contributed by atoms with van der Waals surface area (Å²) in [5, 5.41) is 0. The van der Waals surface area contributed by atoms with Crippen LogP contribution in [0.5, 0.6) is 5.75 Å². The second kappa shape index (κ2) is 8.09. The van der Waals surface area contributed by atoms with Crippen molar-refractivity contribution in [3.8, 4) is 5.75 Å². The third kappa shape index (κ3) is 3.71. The maximum atomic E-state index is 13.3. The lowest BCUT2D eigenvalue weighted by Gasteiger charge is -2.44. The van der Waals surface area contributed by atoms with Crippen LogP contribution in [0.3, 0.4) is 0 Å². The van der Waals surface area contributed by atoms with Gasteiger partial charge in [-0.15, -0.1) is 13.2 Å². The Morgan fingerprint density at radius 3 is 2.26 bits per heavy atom. The normalized spacial score (nSPS) is 15.9. The number of methoxy groups -OCH3 is 1. The van der Waals surface area contributed by atoms with E-state index in [4.69, 9.17) is 9.47 Å². The van der Waals surface area contributed by atoms with Gasteiger partial charge in [-0.1, -0.05) is 12.2 Å². The van der Waals surface area contributed by atoms with Gasteiger partial charge in [0.1, 0.15) is 5.75 Å². The molecule has 4 nitrogen and oxygen atoms in total. The van der Waals surface area contributed by atoms with Crippen LogP contribution >= 0.6 is 0 Å². The van der Waals surface area contributed by atoms with Crippen molar-refractivity contribution in [3.05, 3.63) is 55.1 Å². The third-order valence-electron chi connectivity index (χ3n) is 4.36. The molecule has 1 saturated heterocycles. The Bertz CT molecular complexity index is 534. The van der Waals surface area contributed by atoms with E-state index in [0.717, 1.165) is 18.8 Å². The molecule has 0 bridgehead atoms. The van der Waals surface area contributed by atoms with Gasteiger partial charge in [-0.05, 0) is 37.1 Å². The Balaban J connectivity index is 2.38. The van der Waals surface area contributed by atoms with Crippen LogP contribution in [-0.4, -0.2) is 49.6 Å². The van der Waals surface area contributed by atoms with Gasteiger partial charge in [-0.25, -0.2) is 0 Å². The van der Waals surface area contributed by atoms with E-state index >= 15 is 0 Å². The molecule has 1 heterocycles. The molecule has 124 valence electrons. The summed E-state index contributed by atoms with van der Waals surface area (Å²) in [6.45, 7) is 10.5. The van der Waals surface area contributed by atoms with Crippen LogP contribution in [-0.2, 0) is 4.74 Å². The smallest absolute Gasteiger partial charge is 0.183 e. The number of morpholine rings is 1. The summed E-state index contributed by atoms with van der Waals surface area (Å²) in [6.07, 6.45) is 4.81. The Morgan fingerprint density at radius 2 is 1.78 bits per heavy atom. The molecule has 1 aromatic carbocycles. The highest BCUT2D eigenvalue weighted by molar-refractivity contribution is 6.03. The standard InChI is InChI=1S/C19H25NO3/c1-4-10-19(11-5-2,20-12-14-23-15-13-20)18(21)16-6-8-17(22-3)9-7-16/h4-9H,1-2,10-15H2,3H3. The summed E-state index contributed by atoms with van der Waals surface area (Å²) in [4.78, 5) is 15.5. The summed E-state index contributed by atoms with van der Waals surface area (Å²) < 4.78 is 10.6. The number of ether oxygens (including phenoxy) is 2. The van der Waals surface area contributed by atoms with Crippen LogP contribution < -0.4 is 4.74 Å². The van der Waals surface area contributed by atoms with Gasteiger partial charge in [0.05, 0.1) is 25.9 Å². The fraction of sp³-hybridized carbons (Fsp3) is 0.421. The molecule has 0 N–H and O–H groups in total. The summed E-state index contributed by atoms with van der Waals surface area (Å²) in [7, 11) is 1.62. The van der Waals surface area contributed by atoms with E-state index in [-0.39, 0.29) is 5.78 Å². The number of hydrogen-bond donors (Lipinski definition) is 0. The number of carbonyl (C=O) groups is 1. The lowest BCUT2D eigenvalue weighted by molar-refractivity contribution is -0.0134. The molecule has 1 aliphatic rings. The van der Waals surface area contributed by atoms with Gasteiger partial charge in [0, 0.05) is 18.7 Å². The zero-order valence-corrected chi connectivity index (χ0v) is 13.8. The van der Waals surface area contributed by atoms with Crippen molar-refractivity contribution in [2.75, 3.05) is 33.4 Å². The number of rotatable bonds is 8. The summed E-state index contributed by atoms with van der Waals surface area (Å²) >= 11 is 0. The molecule has 0 saturated carbocycles. The van der Waals surface area contributed by atoms with Gasteiger partial charge < -0.3 is 9.47 Å². The third-order valence-corrected chi connectivity index (χ3v) is 4.36. The van der Waals surface area contributed by atoms with Crippen LogP contribution in [0.4, 0.5) is 0 Å².